The van der Waals surface area contributed by atoms with Gasteiger partial charge < -0.3 is 15.2 Å². The maximum absolute atomic E-state index is 12.1. The van der Waals surface area contributed by atoms with Crippen molar-refractivity contribution in [3.8, 4) is 0 Å². The summed E-state index contributed by atoms with van der Waals surface area (Å²) in [5, 5.41) is 18.7. The highest BCUT2D eigenvalue weighted by Crippen LogP contribution is 2.35. The Bertz CT molecular complexity index is 692. The van der Waals surface area contributed by atoms with Gasteiger partial charge in [0.25, 0.3) is 0 Å². The monoisotopic (exact) mass is 272 g/mol. The van der Waals surface area contributed by atoms with Crippen LogP contribution in [0.2, 0.25) is 0 Å². The number of benzene rings is 1. The van der Waals surface area contributed by atoms with E-state index in [2.05, 4.69) is 10.4 Å². The summed E-state index contributed by atoms with van der Waals surface area (Å²) in [5.41, 5.74) is 0.910. The quantitative estimate of drug-likeness (QED) is 0.869. The van der Waals surface area contributed by atoms with Gasteiger partial charge in [0.1, 0.15) is 0 Å². The largest absolute Gasteiger partial charge is 0.550 e. The summed E-state index contributed by atoms with van der Waals surface area (Å²) in [4.78, 5) is 23.0. The van der Waals surface area contributed by atoms with E-state index >= 15 is 0 Å². The lowest BCUT2D eigenvalue weighted by molar-refractivity contribution is -0.316. The van der Waals surface area contributed by atoms with Gasteiger partial charge in [-0.1, -0.05) is 12.1 Å². The molecule has 0 unspecified atom stereocenters. The zero-order valence-corrected chi connectivity index (χ0v) is 11.0. The molecule has 0 spiro atoms. The molecular weight excluding hydrogens is 258 g/mol. The molecule has 1 aromatic carbocycles. The maximum atomic E-state index is 12.1. The Hall–Kier alpha value is -2.37. The van der Waals surface area contributed by atoms with Crippen LogP contribution in [0.15, 0.2) is 24.3 Å². The molecule has 20 heavy (non-hydrogen) atoms. The maximum Gasteiger partial charge on any atom is 0.229 e. The van der Waals surface area contributed by atoms with Crippen molar-refractivity contribution in [3.63, 3.8) is 0 Å². The first-order valence-electron chi connectivity index (χ1n) is 6.51. The summed E-state index contributed by atoms with van der Waals surface area (Å²) in [7, 11) is 1.80. The van der Waals surface area contributed by atoms with Crippen molar-refractivity contribution in [2.24, 2.45) is 18.9 Å². The van der Waals surface area contributed by atoms with E-state index in [1.807, 2.05) is 24.3 Å². The first kappa shape index (κ1) is 12.7. The predicted molar refractivity (Wildman–Crippen MR) is 70.6 cm³/mol. The molecule has 0 saturated heterocycles. The van der Waals surface area contributed by atoms with Gasteiger partial charge >= 0.3 is 0 Å². The fourth-order valence-electron chi connectivity index (χ4n) is 2.61. The molecule has 0 bridgehead atoms. The van der Waals surface area contributed by atoms with Gasteiger partial charge in [0, 0.05) is 30.2 Å². The number of carbonyl (C=O) groups excluding carboxylic acids is 2. The Morgan fingerprint density at radius 2 is 2.00 bits per heavy atom. The second-order valence-corrected chi connectivity index (χ2v) is 5.09. The van der Waals surface area contributed by atoms with E-state index in [9.17, 15) is 14.7 Å². The minimum Gasteiger partial charge on any atom is -0.550 e. The fourth-order valence-corrected chi connectivity index (χ4v) is 2.61. The number of hydrogen-bond donors (Lipinski definition) is 1. The predicted octanol–water partition coefficient (Wildman–Crippen LogP) is 0.288. The van der Waals surface area contributed by atoms with Crippen molar-refractivity contribution >= 4 is 28.6 Å². The van der Waals surface area contributed by atoms with E-state index in [0.29, 0.717) is 18.7 Å². The standard InChI is InChI=1S/C14H15N3O3/c1-17-11-5-3-2-4-10(11)12(16-17)15-13(18)8-6-7-9(8)14(19)20/h2-5,8-9H,6-7H2,1H3,(H,19,20)(H,15,16,18)/p-1/t8-,9-/m0/s1. The van der Waals surface area contributed by atoms with E-state index < -0.39 is 17.8 Å². The number of para-hydroxylation sites is 1. The van der Waals surface area contributed by atoms with Crippen LogP contribution < -0.4 is 10.4 Å². The minimum atomic E-state index is -1.15. The SMILES string of the molecule is Cn1nc(NC(=O)[C@H]2CC[C@@H]2C(=O)[O-])c2ccccc21. The van der Waals surface area contributed by atoms with Gasteiger partial charge in [-0.3, -0.25) is 9.48 Å². The number of aryl methyl sites for hydroxylation is 1. The lowest BCUT2D eigenvalue weighted by atomic mass is 9.73. The van der Waals surface area contributed by atoms with Gasteiger partial charge in [-0.15, -0.1) is 0 Å². The number of nitrogens with zero attached hydrogens (tertiary/aromatic N) is 2. The van der Waals surface area contributed by atoms with E-state index in [1.165, 1.54) is 0 Å². The molecule has 1 heterocycles. The zero-order valence-electron chi connectivity index (χ0n) is 11.0. The normalized spacial score (nSPS) is 21.4. The summed E-state index contributed by atoms with van der Waals surface area (Å²) in [6, 6.07) is 7.54. The number of hydrogen-bond acceptors (Lipinski definition) is 4. The first-order valence-corrected chi connectivity index (χ1v) is 6.51. The second kappa shape index (κ2) is 4.63. The molecule has 1 aliphatic carbocycles. The Morgan fingerprint density at radius 3 is 2.65 bits per heavy atom. The third kappa shape index (κ3) is 1.93. The topological polar surface area (TPSA) is 87.0 Å². The van der Waals surface area contributed by atoms with Crippen LogP contribution in [0.4, 0.5) is 5.82 Å². The molecule has 2 atom stereocenters. The number of anilines is 1. The zero-order chi connectivity index (χ0) is 14.3. The summed E-state index contributed by atoms with van der Waals surface area (Å²) in [6.45, 7) is 0. The van der Waals surface area contributed by atoms with Crippen LogP contribution in [-0.4, -0.2) is 21.7 Å². The Labute approximate surface area is 115 Å². The smallest absolute Gasteiger partial charge is 0.229 e. The van der Waals surface area contributed by atoms with Crippen LogP contribution in [0.25, 0.3) is 10.9 Å². The summed E-state index contributed by atoms with van der Waals surface area (Å²) >= 11 is 0. The third-order valence-corrected chi connectivity index (χ3v) is 3.91. The molecule has 6 nitrogen and oxygen atoms in total. The lowest BCUT2D eigenvalue weighted by Crippen LogP contribution is -2.46. The highest BCUT2D eigenvalue weighted by Gasteiger charge is 2.37. The molecule has 2 aromatic rings. The Balaban J connectivity index is 1.83. The number of nitrogens with one attached hydrogen (secondary N) is 1. The summed E-state index contributed by atoms with van der Waals surface area (Å²) in [6.07, 6.45) is 1.08. The van der Waals surface area contributed by atoms with Crippen molar-refractivity contribution in [2.75, 3.05) is 5.32 Å². The summed E-state index contributed by atoms with van der Waals surface area (Å²) in [5.74, 6) is -2.17. The average Bonchev–Trinajstić information content (AvgIpc) is 2.65. The number of aliphatic carboxylic acids is 1. The van der Waals surface area contributed by atoms with Crippen molar-refractivity contribution in [1.29, 1.82) is 0 Å². The summed E-state index contributed by atoms with van der Waals surface area (Å²) < 4.78 is 1.68. The van der Waals surface area contributed by atoms with Crippen LogP contribution >= 0.6 is 0 Å². The number of rotatable bonds is 3. The number of amides is 1. The molecule has 1 fully saturated rings. The van der Waals surface area contributed by atoms with Gasteiger partial charge in [0.05, 0.1) is 5.52 Å². The molecule has 1 saturated carbocycles. The molecular formula is C14H14N3O3-. The van der Waals surface area contributed by atoms with Gasteiger partial charge in [-0.2, -0.15) is 5.10 Å². The van der Waals surface area contributed by atoms with E-state index in [4.69, 9.17) is 0 Å². The fraction of sp³-hybridized carbons (Fsp3) is 0.357. The van der Waals surface area contributed by atoms with Crippen LogP contribution in [0.5, 0.6) is 0 Å². The van der Waals surface area contributed by atoms with Crippen LogP contribution in [0, 0.1) is 11.8 Å². The van der Waals surface area contributed by atoms with Crippen molar-refractivity contribution in [1.82, 2.24) is 9.78 Å². The average molecular weight is 272 g/mol. The molecule has 0 radical (unpaired) electrons. The highest BCUT2D eigenvalue weighted by atomic mass is 16.4. The van der Waals surface area contributed by atoms with Gasteiger partial charge in [-0.05, 0) is 25.0 Å². The van der Waals surface area contributed by atoms with E-state index in [-0.39, 0.29) is 5.91 Å². The number of fused-ring (bicyclic) bond motifs is 1. The Morgan fingerprint density at radius 1 is 1.30 bits per heavy atom. The molecule has 0 aliphatic heterocycles. The van der Waals surface area contributed by atoms with Crippen molar-refractivity contribution in [3.05, 3.63) is 24.3 Å². The Kier molecular flexibility index (Phi) is 2.93. The molecule has 1 aromatic heterocycles. The molecule has 6 heteroatoms. The third-order valence-electron chi connectivity index (χ3n) is 3.91. The first-order chi connectivity index (χ1) is 9.58. The molecule has 104 valence electrons. The molecule has 1 N–H and O–H groups in total. The molecule has 1 aliphatic rings. The van der Waals surface area contributed by atoms with E-state index in [1.54, 1.807) is 11.7 Å². The van der Waals surface area contributed by atoms with Crippen LogP contribution in [0.1, 0.15) is 12.8 Å². The number of aromatic nitrogens is 2. The minimum absolute atomic E-state index is 0.297. The lowest BCUT2D eigenvalue weighted by Gasteiger charge is -2.35. The van der Waals surface area contributed by atoms with Crippen molar-refractivity contribution < 1.29 is 14.7 Å². The highest BCUT2D eigenvalue weighted by molar-refractivity contribution is 6.02. The number of carboxylic acids is 1. The number of carbonyl (C=O) groups is 2. The second-order valence-electron chi connectivity index (χ2n) is 5.09. The van der Waals surface area contributed by atoms with Crippen LogP contribution in [0.3, 0.4) is 0 Å². The number of carboxylic acid groups (broad SMARTS) is 1. The van der Waals surface area contributed by atoms with Gasteiger partial charge in [-0.25, -0.2) is 0 Å². The van der Waals surface area contributed by atoms with Crippen LogP contribution in [-0.2, 0) is 16.6 Å². The van der Waals surface area contributed by atoms with Gasteiger partial charge in [0.2, 0.25) is 5.91 Å². The molecule has 3 rings (SSSR count). The van der Waals surface area contributed by atoms with Gasteiger partial charge in [0.15, 0.2) is 5.82 Å². The van der Waals surface area contributed by atoms with Crippen molar-refractivity contribution in [2.45, 2.75) is 12.8 Å². The van der Waals surface area contributed by atoms with E-state index in [0.717, 1.165) is 10.9 Å². The molecule has 1 amide bonds.